The predicted molar refractivity (Wildman–Crippen MR) is 65.4 cm³/mol. The van der Waals surface area contributed by atoms with Gasteiger partial charge in [0, 0.05) is 20.8 Å². The molecule has 1 nitrogen and oxygen atoms in total. The third kappa shape index (κ3) is 2.74. The van der Waals surface area contributed by atoms with E-state index in [2.05, 4.69) is 27.9 Å². The predicted octanol–water partition coefficient (Wildman–Crippen LogP) is 3.77. The third-order valence-corrected chi connectivity index (χ3v) is 3.34. The minimum absolute atomic E-state index is 0.807. The SMILES string of the molecule is Clc1ccc(NCC2CC2)c(I)c1. The molecule has 0 aliphatic heterocycles. The maximum Gasteiger partial charge on any atom is 0.0477 e. The van der Waals surface area contributed by atoms with E-state index < -0.39 is 0 Å². The second kappa shape index (κ2) is 4.05. The van der Waals surface area contributed by atoms with E-state index in [-0.39, 0.29) is 0 Å². The van der Waals surface area contributed by atoms with Gasteiger partial charge in [0.25, 0.3) is 0 Å². The number of hydrogen-bond acceptors (Lipinski definition) is 1. The number of rotatable bonds is 3. The standard InChI is InChI=1S/C10H11ClIN/c11-8-3-4-10(9(12)5-8)13-6-7-1-2-7/h3-5,7,13H,1-2,6H2. The van der Waals surface area contributed by atoms with Gasteiger partial charge in [-0.05, 0) is 59.5 Å². The summed E-state index contributed by atoms with van der Waals surface area (Å²) in [4.78, 5) is 0. The van der Waals surface area contributed by atoms with Crippen molar-refractivity contribution in [2.75, 3.05) is 11.9 Å². The van der Waals surface area contributed by atoms with Crippen LogP contribution >= 0.6 is 34.2 Å². The van der Waals surface area contributed by atoms with Crippen LogP contribution in [0.4, 0.5) is 5.69 Å². The zero-order valence-corrected chi connectivity index (χ0v) is 10.1. The first-order valence-electron chi connectivity index (χ1n) is 4.44. The van der Waals surface area contributed by atoms with Crippen LogP contribution in [0.1, 0.15) is 12.8 Å². The Kier molecular flexibility index (Phi) is 2.99. The molecular weight excluding hydrogens is 296 g/mol. The van der Waals surface area contributed by atoms with E-state index in [9.17, 15) is 0 Å². The van der Waals surface area contributed by atoms with Crippen molar-refractivity contribution in [2.24, 2.45) is 5.92 Å². The van der Waals surface area contributed by atoms with E-state index in [1.54, 1.807) is 0 Å². The minimum atomic E-state index is 0.807. The zero-order chi connectivity index (χ0) is 9.26. The first-order valence-corrected chi connectivity index (χ1v) is 5.90. The maximum absolute atomic E-state index is 5.86. The van der Waals surface area contributed by atoms with E-state index in [0.29, 0.717) is 0 Å². The Morgan fingerprint density at radius 3 is 2.85 bits per heavy atom. The average Bonchev–Trinajstić information content (AvgIpc) is 2.86. The van der Waals surface area contributed by atoms with Crippen LogP contribution in [0, 0.1) is 9.49 Å². The zero-order valence-electron chi connectivity index (χ0n) is 7.19. The van der Waals surface area contributed by atoms with Crippen LogP contribution in [0.5, 0.6) is 0 Å². The van der Waals surface area contributed by atoms with Crippen molar-refractivity contribution >= 4 is 39.9 Å². The molecule has 1 N–H and O–H groups in total. The molecule has 1 fully saturated rings. The Labute approximate surface area is 97.0 Å². The highest BCUT2D eigenvalue weighted by molar-refractivity contribution is 14.1. The molecule has 70 valence electrons. The summed E-state index contributed by atoms with van der Waals surface area (Å²) in [5, 5.41) is 4.24. The summed E-state index contributed by atoms with van der Waals surface area (Å²) < 4.78 is 1.20. The smallest absolute Gasteiger partial charge is 0.0477 e. The van der Waals surface area contributed by atoms with Gasteiger partial charge in [0.05, 0.1) is 0 Å². The highest BCUT2D eigenvalue weighted by atomic mass is 127. The van der Waals surface area contributed by atoms with Crippen molar-refractivity contribution in [3.63, 3.8) is 0 Å². The van der Waals surface area contributed by atoms with Crippen LogP contribution in [-0.4, -0.2) is 6.54 Å². The molecule has 0 heterocycles. The molecule has 0 radical (unpaired) electrons. The number of hydrogen-bond donors (Lipinski definition) is 1. The summed E-state index contributed by atoms with van der Waals surface area (Å²) in [5.74, 6) is 0.909. The van der Waals surface area contributed by atoms with Gasteiger partial charge in [0.1, 0.15) is 0 Å². The molecule has 2 rings (SSSR count). The van der Waals surface area contributed by atoms with Gasteiger partial charge < -0.3 is 5.32 Å². The molecule has 0 saturated heterocycles. The largest absolute Gasteiger partial charge is 0.384 e. The Bertz CT molecular complexity index is 310. The second-order valence-corrected chi connectivity index (χ2v) is 5.05. The number of nitrogens with one attached hydrogen (secondary N) is 1. The van der Waals surface area contributed by atoms with Crippen molar-refractivity contribution in [3.05, 3.63) is 26.8 Å². The first kappa shape index (κ1) is 9.59. The molecule has 1 aromatic rings. The summed E-state index contributed by atoms with van der Waals surface area (Å²) in [6.07, 6.45) is 2.77. The lowest BCUT2D eigenvalue weighted by atomic mass is 10.3. The lowest BCUT2D eigenvalue weighted by Gasteiger charge is -2.07. The lowest BCUT2D eigenvalue weighted by molar-refractivity contribution is 0.888. The Morgan fingerprint density at radius 1 is 1.46 bits per heavy atom. The Hall–Kier alpha value is 0.0400. The fraction of sp³-hybridized carbons (Fsp3) is 0.400. The Balaban J connectivity index is 2.01. The molecule has 0 atom stereocenters. The highest BCUT2D eigenvalue weighted by Gasteiger charge is 2.20. The molecule has 13 heavy (non-hydrogen) atoms. The van der Waals surface area contributed by atoms with Crippen molar-refractivity contribution in [1.29, 1.82) is 0 Å². The van der Waals surface area contributed by atoms with E-state index in [4.69, 9.17) is 11.6 Å². The fourth-order valence-electron chi connectivity index (χ4n) is 1.21. The molecule has 1 aliphatic rings. The molecule has 3 heteroatoms. The van der Waals surface area contributed by atoms with Crippen LogP contribution in [0.2, 0.25) is 5.02 Å². The number of anilines is 1. The average molecular weight is 308 g/mol. The number of benzene rings is 1. The van der Waals surface area contributed by atoms with Gasteiger partial charge >= 0.3 is 0 Å². The van der Waals surface area contributed by atoms with E-state index >= 15 is 0 Å². The summed E-state index contributed by atoms with van der Waals surface area (Å²) in [6, 6.07) is 5.96. The van der Waals surface area contributed by atoms with E-state index in [1.807, 2.05) is 18.2 Å². The Morgan fingerprint density at radius 2 is 2.23 bits per heavy atom. The molecule has 0 amide bonds. The molecule has 0 aromatic heterocycles. The first-order chi connectivity index (χ1) is 6.25. The van der Waals surface area contributed by atoms with Gasteiger partial charge in [-0.2, -0.15) is 0 Å². The molecular formula is C10H11ClIN. The molecule has 0 spiro atoms. The van der Waals surface area contributed by atoms with Gasteiger partial charge in [-0.15, -0.1) is 0 Å². The summed E-state index contributed by atoms with van der Waals surface area (Å²) in [6.45, 7) is 1.11. The van der Waals surface area contributed by atoms with Crippen LogP contribution in [0.15, 0.2) is 18.2 Å². The molecule has 1 aliphatic carbocycles. The number of halogens is 2. The van der Waals surface area contributed by atoms with Gasteiger partial charge in [-0.1, -0.05) is 11.6 Å². The normalized spacial score (nSPS) is 15.8. The van der Waals surface area contributed by atoms with Crippen molar-refractivity contribution in [2.45, 2.75) is 12.8 Å². The van der Waals surface area contributed by atoms with E-state index in [0.717, 1.165) is 17.5 Å². The molecule has 0 unspecified atom stereocenters. The molecule has 1 aromatic carbocycles. The lowest BCUT2D eigenvalue weighted by Crippen LogP contribution is -2.04. The van der Waals surface area contributed by atoms with Gasteiger partial charge in [-0.25, -0.2) is 0 Å². The monoisotopic (exact) mass is 307 g/mol. The van der Waals surface area contributed by atoms with Crippen molar-refractivity contribution in [3.8, 4) is 0 Å². The molecule has 1 saturated carbocycles. The summed E-state index contributed by atoms with van der Waals surface area (Å²) in [7, 11) is 0. The van der Waals surface area contributed by atoms with Crippen molar-refractivity contribution < 1.29 is 0 Å². The topological polar surface area (TPSA) is 12.0 Å². The molecule has 0 bridgehead atoms. The van der Waals surface area contributed by atoms with Crippen molar-refractivity contribution in [1.82, 2.24) is 0 Å². The van der Waals surface area contributed by atoms with Crippen LogP contribution < -0.4 is 5.32 Å². The fourth-order valence-corrected chi connectivity index (χ4v) is 2.27. The van der Waals surface area contributed by atoms with E-state index in [1.165, 1.54) is 22.1 Å². The summed E-state index contributed by atoms with van der Waals surface area (Å²) in [5.41, 5.74) is 1.21. The van der Waals surface area contributed by atoms with Crippen LogP contribution in [0.3, 0.4) is 0 Å². The van der Waals surface area contributed by atoms with Gasteiger partial charge in [0.2, 0.25) is 0 Å². The minimum Gasteiger partial charge on any atom is -0.384 e. The van der Waals surface area contributed by atoms with Gasteiger partial charge in [0.15, 0.2) is 0 Å². The second-order valence-electron chi connectivity index (χ2n) is 3.45. The highest BCUT2D eigenvalue weighted by Crippen LogP contribution is 2.30. The van der Waals surface area contributed by atoms with Gasteiger partial charge in [-0.3, -0.25) is 0 Å². The summed E-state index contributed by atoms with van der Waals surface area (Å²) >= 11 is 8.17. The quantitative estimate of drug-likeness (QED) is 0.838. The van der Waals surface area contributed by atoms with Crippen LogP contribution in [-0.2, 0) is 0 Å². The maximum atomic E-state index is 5.86. The third-order valence-electron chi connectivity index (χ3n) is 2.21. The van der Waals surface area contributed by atoms with Crippen LogP contribution in [0.25, 0.3) is 0 Å².